The quantitative estimate of drug-likeness (QED) is 0.673. The number of hydrogen-bond donors (Lipinski definition) is 3. The Hall–Kier alpha value is -1.92. The van der Waals surface area contributed by atoms with Crippen molar-refractivity contribution >= 4 is 11.8 Å². The van der Waals surface area contributed by atoms with Crippen LogP contribution in [0.2, 0.25) is 0 Å². The van der Waals surface area contributed by atoms with Crippen LogP contribution in [0.5, 0.6) is 0 Å². The van der Waals surface area contributed by atoms with E-state index in [9.17, 15) is 9.59 Å². The molecule has 100 valence electrons. The van der Waals surface area contributed by atoms with Gasteiger partial charge in [-0.05, 0) is 6.92 Å². The Morgan fingerprint density at radius 1 is 1.33 bits per heavy atom. The zero-order valence-electron chi connectivity index (χ0n) is 10.9. The predicted octanol–water partition coefficient (Wildman–Crippen LogP) is 0.184. The van der Waals surface area contributed by atoms with E-state index in [1.165, 1.54) is 0 Å². The lowest BCUT2D eigenvalue weighted by atomic mass is 10.2. The highest BCUT2D eigenvalue weighted by molar-refractivity contribution is 5.90. The summed E-state index contributed by atoms with van der Waals surface area (Å²) < 4.78 is 0. The summed E-state index contributed by atoms with van der Waals surface area (Å²) in [6.07, 6.45) is 0.251. The van der Waals surface area contributed by atoms with Crippen LogP contribution in [-0.4, -0.2) is 40.1 Å². The molecule has 0 aliphatic carbocycles. The van der Waals surface area contributed by atoms with E-state index in [-0.39, 0.29) is 36.5 Å². The molecule has 7 heteroatoms. The standard InChI is InChI=1S/C11H19N5O2/c1-4-12-8(17)5-6-13-11(18)10-14-9(7(2)3)15-16-10/h7H,4-6H2,1-3H3,(H,12,17)(H,13,18)(H,14,15,16). The average Bonchev–Trinajstić information content (AvgIpc) is 2.78. The Kier molecular flexibility index (Phi) is 5.29. The Balaban J connectivity index is 2.38. The van der Waals surface area contributed by atoms with Crippen LogP contribution < -0.4 is 10.6 Å². The van der Waals surface area contributed by atoms with Gasteiger partial charge in [0.25, 0.3) is 5.91 Å². The van der Waals surface area contributed by atoms with Crippen molar-refractivity contribution in [3.63, 3.8) is 0 Å². The Morgan fingerprint density at radius 2 is 2.06 bits per heavy atom. The Labute approximate surface area is 106 Å². The number of rotatable bonds is 6. The van der Waals surface area contributed by atoms with Crippen LogP contribution in [0, 0.1) is 0 Å². The van der Waals surface area contributed by atoms with Crippen LogP contribution >= 0.6 is 0 Å². The molecule has 1 rings (SSSR count). The van der Waals surface area contributed by atoms with Gasteiger partial charge in [0.1, 0.15) is 5.82 Å². The summed E-state index contributed by atoms with van der Waals surface area (Å²) in [7, 11) is 0. The maximum Gasteiger partial charge on any atom is 0.290 e. The van der Waals surface area contributed by atoms with Gasteiger partial charge in [0.05, 0.1) is 0 Å². The average molecular weight is 253 g/mol. The van der Waals surface area contributed by atoms with E-state index in [4.69, 9.17) is 0 Å². The molecule has 3 N–H and O–H groups in total. The number of nitrogens with one attached hydrogen (secondary N) is 3. The van der Waals surface area contributed by atoms with Crippen molar-refractivity contribution in [3.05, 3.63) is 11.6 Å². The van der Waals surface area contributed by atoms with E-state index in [1.54, 1.807) is 0 Å². The van der Waals surface area contributed by atoms with Gasteiger partial charge in [-0.1, -0.05) is 13.8 Å². The monoisotopic (exact) mass is 253 g/mol. The lowest BCUT2D eigenvalue weighted by Crippen LogP contribution is -2.31. The van der Waals surface area contributed by atoms with Crippen molar-refractivity contribution in [1.29, 1.82) is 0 Å². The third-order valence-corrected chi connectivity index (χ3v) is 2.26. The molecule has 0 spiro atoms. The van der Waals surface area contributed by atoms with Crippen molar-refractivity contribution in [2.24, 2.45) is 0 Å². The third-order valence-electron chi connectivity index (χ3n) is 2.26. The minimum absolute atomic E-state index is 0.0874. The molecule has 0 aromatic carbocycles. The molecule has 18 heavy (non-hydrogen) atoms. The predicted molar refractivity (Wildman–Crippen MR) is 66.1 cm³/mol. The minimum atomic E-state index is -0.373. The number of carbonyl (C=O) groups is 2. The second kappa shape index (κ2) is 6.73. The summed E-state index contributed by atoms with van der Waals surface area (Å²) in [5.41, 5.74) is 0. The number of hydrogen-bond acceptors (Lipinski definition) is 4. The van der Waals surface area contributed by atoms with E-state index in [0.29, 0.717) is 12.4 Å². The van der Waals surface area contributed by atoms with Crippen LogP contribution in [0.25, 0.3) is 0 Å². The molecule has 0 saturated carbocycles. The molecule has 0 aliphatic rings. The second-order valence-electron chi connectivity index (χ2n) is 4.16. The van der Waals surface area contributed by atoms with Gasteiger partial charge in [-0.25, -0.2) is 4.98 Å². The first-order valence-corrected chi connectivity index (χ1v) is 6.01. The molecule has 0 atom stereocenters. The van der Waals surface area contributed by atoms with Gasteiger partial charge in [-0.3, -0.25) is 14.7 Å². The normalized spacial score (nSPS) is 10.4. The fraction of sp³-hybridized carbons (Fsp3) is 0.636. The van der Waals surface area contributed by atoms with E-state index >= 15 is 0 Å². The van der Waals surface area contributed by atoms with Crippen LogP contribution in [0.3, 0.4) is 0 Å². The SMILES string of the molecule is CCNC(=O)CCNC(=O)c1n[nH]c(C(C)C)n1. The number of aromatic amines is 1. The molecule has 0 radical (unpaired) electrons. The molecule has 0 unspecified atom stereocenters. The number of nitrogens with zero attached hydrogens (tertiary/aromatic N) is 2. The zero-order valence-corrected chi connectivity index (χ0v) is 10.9. The summed E-state index contributed by atoms with van der Waals surface area (Å²) in [5.74, 6) is 0.506. The van der Waals surface area contributed by atoms with Crippen LogP contribution in [0.4, 0.5) is 0 Å². The molecule has 0 saturated heterocycles. The van der Waals surface area contributed by atoms with Crippen molar-refractivity contribution < 1.29 is 9.59 Å². The first kappa shape index (κ1) is 14.1. The molecule has 1 heterocycles. The van der Waals surface area contributed by atoms with E-state index in [1.807, 2.05) is 20.8 Å². The maximum absolute atomic E-state index is 11.6. The van der Waals surface area contributed by atoms with Crippen LogP contribution in [0.1, 0.15) is 49.6 Å². The van der Waals surface area contributed by atoms with Gasteiger partial charge in [-0.15, -0.1) is 5.10 Å². The molecule has 0 aliphatic heterocycles. The summed E-state index contributed by atoms with van der Waals surface area (Å²) in [6, 6.07) is 0. The lowest BCUT2D eigenvalue weighted by Gasteiger charge is -2.02. The molecular weight excluding hydrogens is 234 g/mol. The van der Waals surface area contributed by atoms with Crippen LogP contribution in [-0.2, 0) is 4.79 Å². The lowest BCUT2D eigenvalue weighted by molar-refractivity contribution is -0.120. The first-order valence-electron chi connectivity index (χ1n) is 6.01. The smallest absolute Gasteiger partial charge is 0.290 e. The van der Waals surface area contributed by atoms with Gasteiger partial charge in [0.2, 0.25) is 11.7 Å². The van der Waals surface area contributed by atoms with Gasteiger partial charge >= 0.3 is 0 Å². The van der Waals surface area contributed by atoms with Crippen molar-refractivity contribution in [1.82, 2.24) is 25.8 Å². The maximum atomic E-state index is 11.6. The number of amides is 2. The fourth-order valence-corrected chi connectivity index (χ4v) is 1.29. The molecule has 2 amide bonds. The van der Waals surface area contributed by atoms with Gasteiger partial charge in [0, 0.05) is 25.4 Å². The van der Waals surface area contributed by atoms with Gasteiger partial charge < -0.3 is 10.6 Å². The van der Waals surface area contributed by atoms with Crippen LogP contribution in [0.15, 0.2) is 0 Å². The zero-order chi connectivity index (χ0) is 13.5. The highest BCUT2D eigenvalue weighted by Crippen LogP contribution is 2.07. The Morgan fingerprint density at radius 3 is 2.61 bits per heavy atom. The molecule has 0 fully saturated rings. The summed E-state index contributed by atoms with van der Waals surface area (Å²) in [5, 5.41) is 11.8. The molecule has 7 nitrogen and oxygen atoms in total. The number of carbonyl (C=O) groups excluding carboxylic acids is 2. The van der Waals surface area contributed by atoms with E-state index in [0.717, 1.165) is 0 Å². The fourth-order valence-electron chi connectivity index (χ4n) is 1.29. The summed E-state index contributed by atoms with van der Waals surface area (Å²) >= 11 is 0. The first-order chi connectivity index (χ1) is 8.54. The summed E-state index contributed by atoms with van der Waals surface area (Å²) in [4.78, 5) is 26.9. The molecular formula is C11H19N5O2. The Bertz CT molecular complexity index is 413. The molecule has 1 aromatic rings. The van der Waals surface area contributed by atoms with Gasteiger partial charge in [-0.2, -0.15) is 0 Å². The molecule has 1 aromatic heterocycles. The minimum Gasteiger partial charge on any atom is -0.356 e. The van der Waals surface area contributed by atoms with Crippen molar-refractivity contribution in [3.8, 4) is 0 Å². The van der Waals surface area contributed by atoms with E-state index < -0.39 is 0 Å². The van der Waals surface area contributed by atoms with Crippen molar-refractivity contribution in [2.75, 3.05) is 13.1 Å². The topological polar surface area (TPSA) is 99.8 Å². The highest BCUT2D eigenvalue weighted by Gasteiger charge is 2.13. The molecule has 0 bridgehead atoms. The van der Waals surface area contributed by atoms with Crippen molar-refractivity contribution in [2.45, 2.75) is 33.1 Å². The van der Waals surface area contributed by atoms with Gasteiger partial charge in [0.15, 0.2) is 0 Å². The van der Waals surface area contributed by atoms with E-state index in [2.05, 4.69) is 25.8 Å². The number of H-pyrrole nitrogens is 1. The number of aromatic nitrogens is 3. The summed E-state index contributed by atoms with van der Waals surface area (Å²) in [6.45, 7) is 6.62. The second-order valence-corrected chi connectivity index (χ2v) is 4.16. The highest BCUT2D eigenvalue weighted by atomic mass is 16.2. The largest absolute Gasteiger partial charge is 0.356 e. The third kappa shape index (κ3) is 4.15.